The predicted molar refractivity (Wildman–Crippen MR) is 83.4 cm³/mol. The van der Waals surface area contributed by atoms with Crippen LogP contribution in [-0.4, -0.2) is 23.3 Å². The fourth-order valence-electron chi connectivity index (χ4n) is 2.78. The van der Waals surface area contributed by atoms with E-state index in [9.17, 15) is 5.11 Å². The molecule has 1 saturated carbocycles. The molecule has 3 heteroatoms. The summed E-state index contributed by atoms with van der Waals surface area (Å²) in [5.74, 6) is 0.682. The Morgan fingerprint density at radius 2 is 1.95 bits per heavy atom. The van der Waals surface area contributed by atoms with Gasteiger partial charge in [0.05, 0.1) is 5.60 Å². The lowest BCUT2D eigenvalue weighted by molar-refractivity contribution is 0.0428. The first-order valence-corrected chi connectivity index (χ1v) is 8.01. The highest BCUT2D eigenvalue weighted by molar-refractivity contribution is 9.10. The number of nitrogens with one attached hydrogen (secondary N) is 1. The fourth-order valence-corrected chi connectivity index (χ4v) is 3.05. The highest BCUT2D eigenvalue weighted by atomic mass is 79.9. The molecule has 19 heavy (non-hydrogen) atoms. The van der Waals surface area contributed by atoms with Crippen molar-refractivity contribution in [3.05, 3.63) is 34.3 Å². The monoisotopic (exact) mass is 325 g/mol. The number of rotatable bonds is 6. The van der Waals surface area contributed by atoms with Crippen molar-refractivity contribution in [2.75, 3.05) is 6.54 Å². The SMILES string of the molecule is CCCC(C)(O)CNC1CC(c2ccc(Br)cc2)C1. The van der Waals surface area contributed by atoms with Gasteiger partial charge in [0.2, 0.25) is 0 Å². The zero-order chi connectivity index (χ0) is 13.9. The average Bonchev–Trinajstić information content (AvgIpc) is 2.29. The third-order valence-electron chi connectivity index (χ3n) is 4.04. The zero-order valence-electron chi connectivity index (χ0n) is 11.8. The number of halogens is 1. The largest absolute Gasteiger partial charge is 0.389 e. The number of hydrogen-bond donors (Lipinski definition) is 2. The van der Waals surface area contributed by atoms with Crippen molar-refractivity contribution in [2.24, 2.45) is 0 Å². The molecule has 2 nitrogen and oxygen atoms in total. The molecule has 1 aliphatic rings. The van der Waals surface area contributed by atoms with Gasteiger partial charge in [0.1, 0.15) is 0 Å². The summed E-state index contributed by atoms with van der Waals surface area (Å²) >= 11 is 3.47. The molecule has 1 fully saturated rings. The minimum atomic E-state index is -0.558. The number of benzene rings is 1. The Morgan fingerprint density at radius 1 is 1.32 bits per heavy atom. The molecule has 0 aromatic heterocycles. The van der Waals surface area contributed by atoms with Crippen molar-refractivity contribution >= 4 is 15.9 Å². The van der Waals surface area contributed by atoms with Crippen LogP contribution in [0.25, 0.3) is 0 Å². The van der Waals surface area contributed by atoms with Crippen molar-refractivity contribution in [3.8, 4) is 0 Å². The van der Waals surface area contributed by atoms with Gasteiger partial charge in [-0.1, -0.05) is 41.4 Å². The summed E-state index contributed by atoms with van der Waals surface area (Å²) in [6, 6.07) is 9.21. The molecule has 106 valence electrons. The van der Waals surface area contributed by atoms with Crippen LogP contribution in [0.2, 0.25) is 0 Å². The number of hydrogen-bond acceptors (Lipinski definition) is 2. The van der Waals surface area contributed by atoms with E-state index < -0.39 is 5.60 Å². The Hall–Kier alpha value is -0.380. The zero-order valence-corrected chi connectivity index (χ0v) is 13.4. The lowest BCUT2D eigenvalue weighted by Crippen LogP contribution is -2.47. The molecule has 1 aromatic carbocycles. The molecule has 1 aromatic rings. The second-order valence-electron chi connectivity index (χ2n) is 6.04. The summed E-state index contributed by atoms with van der Waals surface area (Å²) in [7, 11) is 0. The van der Waals surface area contributed by atoms with Crippen LogP contribution < -0.4 is 5.32 Å². The van der Waals surface area contributed by atoms with Crippen LogP contribution in [0.5, 0.6) is 0 Å². The van der Waals surface area contributed by atoms with Crippen LogP contribution in [0, 0.1) is 0 Å². The molecule has 2 N–H and O–H groups in total. The summed E-state index contributed by atoms with van der Waals surface area (Å²) in [5.41, 5.74) is 0.874. The Morgan fingerprint density at radius 3 is 2.53 bits per heavy atom. The fraction of sp³-hybridized carbons (Fsp3) is 0.625. The molecule has 0 saturated heterocycles. The third kappa shape index (κ3) is 4.30. The summed E-state index contributed by atoms with van der Waals surface area (Å²) in [5, 5.41) is 13.6. The van der Waals surface area contributed by atoms with Crippen molar-refractivity contribution in [2.45, 2.75) is 57.1 Å². The van der Waals surface area contributed by atoms with E-state index in [1.54, 1.807) is 0 Å². The first-order valence-electron chi connectivity index (χ1n) is 7.21. The smallest absolute Gasteiger partial charge is 0.0743 e. The first-order chi connectivity index (χ1) is 9.00. The maximum absolute atomic E-state index is 10.1. The van der Waals surface area contributed by atoms with Gasteiger partial charge < -0.3 is 10.4 Å². The summed E-state index contributed by atoms with van der Waals surface area (Å²) in [6.07, 6.45) is 4.26. The van der Waals surface area contributed by atoms with Gasteiger partial charge in [0, 0.05) is 17.1 Å². The summed E-state index contributed by atoms with van der Waals surface area (Å²) in [4.78, 5) is 0. The highest BCUT2D eigenvalue weighted by Crippen LogP contribution is 2.37. The van der Waals surface area contributed by atoms with Crippen molar-refractivity contribution in [1.82, 2.24) is 5.32 Å². The van der Waals surface area contributed by atoms with Crippen molar-refractivity contribution in [3.63, 3.8) is 0 Å². The Kier molecular flexibility index (Phi) is 5.04. The molecule has 1 aliphatic carbocycles. The van der Waals surface area contributed by atoms with Gasteiger partial charge >= 0.3 is 0 Å². The van der Waals surface area contributed by atoms with Crippen molar-refractivity contribution < 1.29 is 5.11 Å². The van der Waals surface area contributed by atoms with Gasteiger partial charge in [-0.05, 0) is 49.8 Å². The van der Waals surface area contributed by atoms with E-state index in [0.29, 0.717) is 18.5 Å². The molecule has 0 heterocycles. The van der Waals surface area contributed by atoms with E-state index in [0.717, 1.165) is 17.3 Å². The average molecular weight is 326 g/mol. The maximum Gasteiger partial charge on any atom is 0.0743 e. The molecule has 0 spiro atoms. The topological polar surface area (TPSA) is 32.3 Å². The van der Waals surface area contributed by atoms with Crippen LogP contribution in [0.1, 0.15) is 51.0 Å². The molecule has 1 unspecified atom stereocenters. The summed E-state index contributed by atoms with van der Waals surface area (Å²) in [6.45, 7) is 4.74. The van der Waals surface area contributed by atoms with Gasteiger partial charge in [-0.2, -0.15) is 0 Å². The van der Waals surface area contributed by atoms with Gasteiger partial charge in [-0.25, -0.2) is 0 Å². The molecule has 0 aliphatic heterocycles. The predicted octanol–water partition coefficient (Wildman–Crippen LogP) is 3.84. The second-order valence-corrected chi connectivity index (χ2v) is 6.96. The third-order valence-corrected chi connectivity index (χ3v) is 4.57. The normalized spacial score (nSPS) is 25.7. The van der Waals surface area contributed by atoms with Gasteiger partial charge in [0.15, 0.2) is 0 Å². The van der Waals surface area contributed by atoms with E-state index >= 15 is 0 Å². The van der Waals surface area contributed by atoms with E-state index in [4.69, 9.17) is 0 Å². The minimum absolute atomic E-state index is 0.558. The first kappa shape index (κ1) is 15.0. The summed E-state index contributed by atoms with van der Waals surface area (Å²) < 4.78 is 1.14. The molecule has 2 rings (SSSR count). The van der Waals surface area contributed by atoms with Crippen LogP contribution >= 0.6 is 15.9 Å². The second kappa shape index (κ2) is 6.38. The van der Waals surface area contributed by atoms with Crippen molar-refractivity contribution in [1.29, 1.82) is 0 Å². The van der Waals surface area contributed by atoms with Crippen LogP contribution in [0.15, 0.2) is 28.7 Å². The molecule has 0 radical (unpaired) electrons. The quantitative estimate of drug-likeness (QED) is 0.833. The molecule has 1 atom stereocenters. The standard InChI is InChI=1S/C16H24BrNO/c1-3-8-16(2,19)11-18-15-9-13(10-15)12-4-6-14(17)7-5-12/h4-7,13,15,18-19H,3,8-11H2,1-2H3. The Bertz CT molecular complexity index is 396. The molecular weight excluding hydrogens is 302 g/mol. The van der Waals surface area contributed by atoms with E-state index in [2.05, 4.69) is 52.4 Å². The van der Waals surface area contributed by atoms with E-state index in [-0.39, 0.29) is 0 Å². The Labute approximate surface area is 124 Å². The van der Waals surface area contributed by atoms with Gasteiger partial charge in [-0.15, -0.1) is 0 Å². The molecule has 0 bridgehead atoms. The number of aliphatic hydroxyl groups is 1. The highest BCUT2D eigenvalue weighted by Gasteiger charge is 2.31. The Balaban J connectivity index is 1.73. The van der Waals surface area contributed by atoms with E-state index in [1.165, 1.54) is 18.4 Å². The van der Waals surface area contributed by atoms with E-state index in [1.807, 2.05) is 6.92 Å². The molecule has 0 amide bonds. The van der Waals surface area contributed by atoms with Crippen LogP contribution in [0.3, 0.4) is 0 Å². The van der Waals surface area contributed by atoms with Crippen LogP contribution in [-0.2, 0) is 0 Å². The van der Waals surface area contributed by atoms with Gasteiger partial charge in [0.25, 0.3) is 0 Å². The van der Waals surface area contributed by atoms with Crippen LogP contribution in [0.4, 0.5) is 0 Å². The lowest BCUT2D eigenvalue weighted by atomic mass is 9.75. The van der Waals surface area contributed by atoms with Gasteiger partial charge in [-0.3, -0.25) is 0 Å². The minimum Gasteiger partial charge on any atom is -0.389 e. The lowest BCUT2D eigenvalue weighted by Gasteiger charge is -2.38. The molecular formula is C16H24BrNO. The maximum atomic E-state index is 10.1.